The first-order chi connectivity index (χ1) is 13.2. The maximum atomic E-state index is 12.0. The van der Waals surface area contributed by atoms with Gasteiger partial charge >= 0.3 is 0 Å². The summed E-state index contributed by atoms with van der Waals surface area (Å²) in [5.74, 6) is 1.06. The van der Waals surface area contributed by atoms with E-state index >= 15 is 0 Å². The Kier molecular flexibility index (Phi) is 12.3. The van der Waals surface area contributed by atoms with Crippen LogP contribution in [0.15, 0.2) is 27.8 Å². The van der Waals surface area contributed by atoms with Gasteiger partial charge in [-0.05, 0) is 38.3 Å². The van der Waals surface area contributed by atoms with E-state index in [-0.39, 0.29) is 35.8 Å². The van der Waals surface area contributed by atoms with Crippen molar-refractivity contribution in [3.8, 4) is 0 Å². The van der Waals surface area contributed by atoms with Gasteiger partial charge in [-0.25, -0.2) is 0 Å². The normalized spacial score (nSPS) is 14.8. The first-order valence-electron chi connectivity index (χ1n) is 9.82. The van der Waals surface area contributed by atoms with Gasteiger partial charge in [-0.1, -0.05) is 6.42 Å². The van der Waals surface area contributed by atoms with E-state index in [1.807, 2.05) is 11.8 Å². The van der Waals surface area contributed by atoms with Gasteiger partial charge in [-0.2, -0.15) is 0 Å². The van der Waals surface area contributed by atoms with Crippen LogP contribution in [0.4, 0.5) is 0 Å². The molecule has 0 bridgehead atoms. The highest BCUT2D eigenvalue weighted by atomic mass is 127. The Morgan fingerprint density at radius 3 is 2.79 bits per heavy atom. The average Bonchev–Trinajstić information content (AvgIpc) is 3.13. The van der Waals surface area contributed by atoms with E-state index in [0.29, 0.717) is 37.8 Å². The summed E-state index contributed by atoms with van der Waals surface area (Å²) in [6.07, 6.45) is 6.25. The lowest BCUT2D eigenvalue weighted by molar-refractivity contribution is -0.130. The number of hydrogen-bond acceptors (Lipinski definition) is 4. The van der Waals surface area contributed by atoms with Crippen molar-refractivity contribution in [3.63, 3.8) is 0 Å². The summed E-state index contributed by atoms with van der Waals surface area (Å²) < 4.78 is 5.05. The van der Waals surface area contributed by atoms with Gasteiger partial charge in [0, 0.05) is 45.7 Å². The molecule has 0 saturated carbocycles. The number of furan rings is 1. The van der Waals surface area contributed by atoms with E-state index in [2.05, 4.69) is 20.9 Å². The number of nitrogens with zero attached hydrogens (tertiary/aromatic N) is 2. The SMILES string of the molecule is CCNC(=NCCCN1CCCCCC1=O)NCCNC(=O)c1ccco1.I. The van der Waals surface area contributed by atoms with Crippen LogP contribution in [-0.4, -0.2) is 61.9 Å². The van der Waals surface area contributed by atoms with E-state index in [1.165, 1.54) is 6.26 Å². The molecule has 3 N–H and O–H groups in total. The summed E-state index contributed by atoms with van der Waals surface area (Å²) >= 11 is 0. The van der Waals surface area contributed by atoms with Crippen LogP contribution >= 0.6 is 24.0 Å². The number of amides is 2. The van der Waals surface area contributed by atoms with Gasteiger partial charge < -0.3 is 25.3 Å². The highest BCUT2D eigenvalue weighted by Crippen LogP contribution is 2.11. The minimum Gasteiger partial charge on any atom is -0.459 e. The summed E-state index contributed by atoms with van der Waals surface area (Å²) in [5.41, 5.74) is 0. The van der Waals surface area contributed by atoms with Gasteiger partial charge in [-0.3, -0.25) is 14.6 Å². The fourth-order valence-electron chi connectivity index (χ4n) is 2.92. The number of nitrogens with one attached hydrogen (secondary N) is 3. The third kappa shape index (κ3) is 8.94. The molecule has 0 spiro atoms. The predicted octanol–water partition coefficient (Wildman–Crippen LogP) is 1.98. The van der Waals surface area contributed by atoms with E-state index in [0.717, 1.165) is 45.3 Å². The van der Waals surface area contributed by atoms with Crippen molar-refractivity contribution in [1.82, 2.24) is 20.9 Å². The Morgan fingerprint density at radius 1 is 1.21 bits per heavy atom. The Labute approximate surface area is 183 Å². The summed E-state index contributed by atoms with van der Waals surface area (Å²) in [6.45, 7) is 6.07. The molecule has 1 fully saturated rings. The molecule has 0 aliphatic carbocycles. The zero-order valence-electron chi connectivity index (χ0n) is 16.5. The number of halogens is 1. The third-order valence-electron chi connectivity index (χ3n) is 4.32. The second-order valence-electron chi connectivity index (χ2n) is 6.47. The zero-order valence-corrected chi connectivity index (χ0v) is 18.9. The van der Waals surface area contributed by atoms with Crippen LogP contribution in [0, 0.1) is 0 Å². The fourth-order valence-corrected chi connectivity index (χ4v) is 2.92. The molecule has 0 unspecified atom stereocenters. The second kappa shape index (κ2) is 14.3. The molecule has 1 saturated heterocycles. The van der Waals surface area contributed by atoms with Gasteiger partial charge in [0.25, 0.3) is 5.91 Å². The maximum absolute atomic E-state index is 12.0. The van der Waals surface area contributed by atoms with Crippen LogP contribution in [0.25, 0.3) is 0 Å². The molecule has 1 aromatic heterocycles. The lowest BCUT2D eigenvalue weighted by Crippen LogP contribution is -2.41. The lowest BCUT2D eigenvalue weighted by atomic mass is 10.2. The number of rotatable bonds is 9. The molecule has 1 aromatic rings. The largest absolute Gasteiger partial charge is 0.459 e. The predicted molar refractivity (Wildman–Crippen MR) is 120 cm³/mol. The number of likely N-dealkylation sites (tertiary alicyclic amines) is 1. The number of carbonyl (C=O) groups is 2. The molecule has 1 aliphatic heterocycles. The van der Waals surface area contributed by atoms with Gasteiger partial charge in [0.15, 0.2) is 11.7 Å². The molecule has 0 radical (unpaired) electrons. The van der Waals surface area contributed by atoms with Gasteiger partial charge in [0.2, 0.25) is 5.91 Å². The van der Waals surface area contributed by atoms with Crippen LogP contribution in [0.3, 0.4) is 0 Å². The maximum Gasteiger partial charge on any atom is 0.287 e. The van der Waals surface area contributed by atoms with E-state index < -0.39 is 0 Å². The van der Waals surface area contributed by atoms with Crippen LogP contribution in [0.1, 0.15) is 49.6 Å². The molecule has 158 valence electrons. The molecule has 28 heavy (non-hydrogen) atoms. The van der Waals surface area contributed by atoms with Crippen molar-refractivity contribution < 1.29 is 14.0 Å². The highest BCUT2D eigenvalue weighted by Gasteiger charge is 2.15. The quantitative estimate of drug-likeness (QED) is 0.206. The zero-order chi connectivity index (χ0) is 19.3. The minimum atomic E-state index is -0.231. The Balaban J connectivity index is 0.00000392. The van der Waals surface area contributed by atoms with E-state index in [4.69, 9.17) is 4.42 Å². The standard InChI is InChI=1S/C19H31N5O3.HI/c1-2-20-19(23-12-11-21-18(26)16-8-6-15-27-16)22-10-7-14-24-13-5-3-4-9-17(24)25;/h6,8,15H,2-5,7,9-14H2,1H3,(H,21,26)(H2,20,22,23);1H. The summed E-state index contributed by atoms with van der Waals surface area (Å²) in [4.78, 5) is 30.3. The topological polar surface area (TPSA) is 99.0 Å². The Morgan fingerprint density at radius 2 is 2.04 bits per heavy atom. The van der Waals surface area contributed by atoms with E-state index in [9.17, 15) is 9.59 Å². The number of carbonyl (C=O) groups excluding carboxylic acids is 2. The Hall–Kier alpha value is -1.78. The molecule has 0 atom stereocenters. The first kappa shape index (κ1) is 24.3. The van der Waals surface area contributed by atoms with Crippen LogP contribution in [-0.2, 0) is 4.79 Å². The van der Waals surface area contributed by atoms with Crippen molar-refractivity contribution in [2.75, 3.05) is 39.3 Å². The average molecular weight is 505 g/mol. The molecule has 2 heterocycles. The van der Waals surface area contributed by atoms with E-state index in [1.54, 1.807) is 12.1 Å². The van der Waals surface area contributed by atoms with Crippen molar-refractivity contribution in [1.29, 1.82) is 0 Å². The number of hydrogen-bond donors (Lipinski definition) is 3. The van der Waals surface area contributed by atoms with Crippen molar-refractivity contribution in [3.05, 3.63) is 24.2 Å². The Bertz CT molecular complexity index is 607. The number of aliphatic imine (C=N–C) groups is 1. The van der Waals surface area contributed by atoms with Crippen LogP contribution in [0.5, 0.6) is 0 Å². The molecule has 2 rings (SSSR count). The summed E-state index contributed by atoms with van der Waals surface area (Å²) in [6, 6.07) is 3.31. The number of guanidine groups is 1. The third-order valence-corrected chi connectivity index (χ3v) is 4.32. The second-order valence-corrected chi connectivity index (χ2v) is 6.47. The molecular weight excluding hydrogens is 473 g/mol. The molecule has 0 aromatic carbocycles. The first-order valence-corrected chi connectivity index (χ1v) is 9.82. The van der Waals surface area contributed by atoms with Gasteiger partial charge in [0.05, 0.1) is 6.26 Å². The summed E-state index contributed by atoms with van der Waals surface area (Å²) in [5, 5.41) is 9.16. The van der Waals surface area contributed by atoms with Crippen molar-refractivity contribution in [2.45, 2.75) is 39.0 Å². The van der Waals surface area contributed by atoms with Gasteiger partial charge in [0.1, 0.15) is 0 Å². The molecule has 9 heteroatoms. The highest BCUT2D eigenvalue weighted by molar-refractivity contribution is 14.0. The lowest BCUT2D eigenvalue weighted by Gasteiger charge is -2.20. The summed E-state index contributed by atoms with van der Waals surface area (Å²) in [7, 11) is 0. The molecule has 1 aliphatic rings. The van der Waals surface area contributed by atoms with Crippen molar-refractivity contribution in [2.24, 2.45) is 4.99 Å². The van der Waals surface area contributed by atoms with Crippen LogP contribution < -0.4 is 16.0 Å². The fraction of sp³-hybridized carbons (Fsp3) is 0.632. The smallest absolute Gasteiger partial charge is 0.287 e. The monoisotopic (exact) mass is 505 g/mol. The molecule has 2 amide bonds. The molecular formula is C19H32IN5O3. The van der Waals surface area contributed by atoms with Crippen molar-refractivity contribution >= 4 is 41.8 Å². The minimum absolute atomic E-state index is 0. The molecule has 8 nitrogen and oxygen atoms in total. The van der Waals surface area contributed by atoms with Gasteiger partial charge in [-0.15, -0.1) is 24.0 Å². The van der Waals surface area contributed by atoms with Crippen LogP contribution in [0.2, 0.25) is 0 Å².